The molecule has 4 bridgehead atoms. The summed E-state index contributed by atoms with van der Waals surface area (Å²) in [5, 5.41) is 13.0. The van der Waals surface area contributed by atoms with Crippen molar-refractivity contribution in [3.05, 3.63) is 35.5 Å². The summed E-state index contributed by atoms with van der Waals surface area (Å²) in [6.07, 6.45) is 7.17. The number of para-hydroxylation sites is 1. The Labute approximate surface area is 140 Å². The van der Waals surface area contributed by atoms with Gasteiger partial charge in [-0.25, -0.2) is 9.18 Å². The van der Waals surface area contributed by atoms with Crippen LogP contribution < -0.4 is 11.1 Å². The number of nitrogens with one attached hydrogen (secondary N) is 1. The van der Waals surface area contributed by atoms with Crippen LogP contribution in [0.5, 0.6) is 0 Å². The monoisotopic (exact) mass is 330 g/mol. The average Bonchev–Trinajstić information content (AvgIpc) is 2.50. The number of anilines is 1. The summed E-state index contributed by atoms with van der Waals surface area (Å²) in [4.78, 5) is 11.6. The largest absolute Gasteiger partial charge is 0.478 e. The molecule has 1 aromatic carbocycles. The molecule has 5 heteroatoms. The fourth-order valence-corrected chi connectivity index (χ4v) is 5.48. The minimum atomic E-state index is -0.985. The molecule has 2 unspecified atom stereocenters. The summed E-state index contributed by atoms with van der Waals surface area (Å²) in [5.41, 5.74) is 6.15. The predicted octanol–water partition coefficient (Wildman–Crippen LogP) is 3.64. The zero-order valence-corrected chi connectivity index (χ0v) is 13.5. The van der Waals surface area contributed by atoms with Crippen molar-refractivity contribution in [3.63, 3.8) is 0 Å². The topological polar surface area (TPSA) is 75.4 Å². The second-order valence-electron chi connectivity index (χ2n) is 7.73. The number of hydrogen-bond donors (Lipinski definition) is 3. The quantitative estimate of drug-likeness (QED) is 0.788. The van der Waals surface area contributed by atoms with Crippen molar-refractivity contribution in [2.75, 3.05) is 5.32 Å². The first-order valence-corrected chi connectivity index (χ1v) is 8.69. The molecule has 0 saturated heterocycles. The molecule has 4 aliphatic carbocycles. The second-order valence-corrected chi connectivity index (χ2v) is 7.73. The van der Waals surface area contributed by atoms with Crippen molar-refractivity contribution in [2.24, 2.45) is 23.5 Å². The molecule has 0 heterocycles. The van der Waals surface area contributed by atoms with Gasteiger partial charge in [-0.15, -0.1) is 0 Å². The Morgan fingerprint density at radius 1 is 1.29 bits per heavy atom. The second kappa shape index (κ2) is 5.50. The van der Waals surface area contributed by atoms with Gasteiger partial charge in [0.2, 0.25) is 0 Å². The third-order valence-corrected chi connectivity index (χ3v) is 6.11. The van der Waals surface area contributed by atoms with Crippen LogP contribution in [-0.2, 0) is 0 Å². The van der Waals surface area contributed by atoms with Crippen LogP contribution in [0.3, 0.4) is 0 Å². The average molecular weight is 330 g/mol. The third kappa shape index (κ3) is 2.46. The van der Waals surface area contributed by atoms with E-state index in [0.717, 1.165) is 24.8 Å². The van der Waals surface area contributed by atoms with E-state index in [2.05, 4.69) is 5.32 Å². The van der Waals surface area contributed by atoms with Crippen molar-refractivity contribution in [1.82, 2.24) is 0 Å². The van der Waals surface area contributed by atoms with Gasteiger partial charge in [0, 0.05) is 6.04 Å². The number of carboxylic acid groups (broad SMARTS) is 1. The molecule has 5 rings (SSSR count). The number of carboxylic acids is 1. The summed E-state index contributed by atoms with van der Waals surface area (Å²) in [7, 11) is 0. The maximum Gasteiger partial charge on any atom is 0.337 e. The van der Waals surface area contributed by atoms with Crippen molar-refractivity contribution in [3.8, 4) is 0 Å². The predicted molar refractivity (Wildman–Crippen MR) is 91.4 cm³/mol. The lowest BCUT2D eigenvalue weighted by Crippen LogP contribution is -2.57. The van der Waals surface area contributed by atoms with E-state index in [4.69, 9.17) is 5.73 Å². The smallest absolute Gasteiger partial charge is 0.337 e. The van der Waals surface area contributed by atoms with Gasteiger partial charge in [-0.05, 0) is 73.8 Å². The minimum Gasteiger partial charge on any atom is -0.478 e. The molecule has 4 aliphatic rings. The van der Waals surface area contributed by atoms with Crippen LogP contribution in [0.25, 0.3) is 6.08 Å². The molecule has 128 valence electrons. The normalized spacial score (nSPS) is 37.0. The van der Waals surface area contributed by atoms with Crippen LogP contribution >= 0.6 is 0 Å². The van der Waals surface area contributed by atoms with Gasteiger partial charge in [-0.2, -0.15) is 0 Å². The lowest BCUT2D eigenvalue weighted by atomic mass is 9.53. The van der Waals surface area contributed by atoms with E-state index in [1.807, 2.05) is 6.07 Å². The molecule has 0 aliphatic heterocycles. The molecular weight excluding hydrogens is 307 g/mol. The number of alkyl halides is 1. The first kappa shape index (κ1) is 15.5. The summed E-state index contributed by atoms with van der Waals surface area (Å²) in [6, 6.07) is 5.32. The van der Waals surface area contributed by atoms with Gasteiger partial charge in [0.15, 0.2) is 0 Å². The van der Waals surface area contributed by atoms with E-state index in [9.17, 15) is 14.3 Å². The number of benzene rings is 1. The van der Waals surface area contributed by atoms with Gasteiger partial charge >= 0.3 is 5.97 Å². The zero-order chi connectivity index (χ0) is 16.9. The zero-order valence-electron chi connectivity index (χ0n) is 13.5. The molecular formula is C19H23FN2O2. The highest BCUT2D eigenvalue weighted by atomic mass is 19.1. The minimum absolute atomic E-state index is 0.149. The number of aromatic carboxylic acids is 1. The van der Waals surface area contributed by atoms with Gasteiger partial charge in [-0.3, -0.25) is 0 Å². The number of hydrogen-bond acceptors (Lipinski definition) is 3. The Bertz CT molecular complexity index is 687. The van der Waals surface area contributed by atoms with Crippen molar-refractivity contribution >= 4 is 17.7 Å². The molecule has 0 amide bonds. The molecule has 0 radical (unpaired) electrons. The number of carbonyl (C=O) groups is 1. The number of rotatable bonds is 4. The van der Waals surface area contributed by atoms with E-state index in [1.165, 1.54) is 6.20 Å². The number of halogens is 1. The first-order valence-electron chi connectivity index (χ1n) is 8.69. The highest BCUT2D eigenvalue weighted by Crippen LogP contribution is 2.58. The SMILES string of the molecule is N/C=C\c1cccc(C(=O)O)c1NC1C2CC3CC1CC(F)(C3)C2. The van der Waals surface area contributed by atoms with E-state index < -0.39 is 11.6 Å². The molecule has 1 aromatic rings. The van der Waals surface area contributed by atoms with E-state index in [-0.39, 0.29) is 23.4 Å². The summed E-state index contributed by atoms with van der Waals surface area (Å²) < 4.78 is 14.9. The third-order valence-electron chi connectivity index (χ3n) is 6.11. The fourth-order valence-electron chi connectivity index (χ4n) is 5.48. The van der Waals surface area contributed by atoms with Crippen LogP contribution in [0, 0.1) is 17.8 Å². The molecule has 0 spiro atoms. The van der Waals surface area contributed by atoms with Crippen LogP contribution in [-0.4, -0.2) is 22.8 Å². The highest BCUT2D eigenvalue weighted by Gasteiger charge is 2.56. The van der Waals surface area contributed by atoms with E-state index in [1.54, 1.807) is 18.2 Å². The maximum atomic E-state index is 14.9. The molecule has 0 aromatic heterocycles. The Morgan fingerprint density at radius 3 is 2.58 bits per heavy atom. The van der Waals surface area contributed by atoms with Crippen LogP contribution in [0.1, 0.15) is 48.0 Å². The fraction of sp³-hybridized carbons (Fsp3) is 0.526. The maximum absolute atomic E-state index is 14.9. The van der Waals surface area contributed by atoms with Crippen LogP contribution in [0.4, 0.5) is 10.1 Å². The standard InChI is InChI=1S/C19H23FN2O2/c20-19-8-11-6-13(9-19)16(14(7-11)10-19)22-17-12(4-5-21)2-1-3-15(17)18(23)24/h1-5,11,13-14,16,22H,6-10,21H2,(H,23,24)/b5-4-. The van der Waals surface area contributed by atoms with Crippen molar-refractivity contribution in [1.29, 1.82) is 0 Å². The highest BCUT2D eigenvalue weighted by molar-refractivity contribution is 5.96. The number of nitrogens with two attached hydrogens (primary N) is 1. The van der Waals surface area contributed by atoms with Gasteiger partial charge in [-0.1, -0.05) is 12.1 Å². The van der Waals surface area contributed by atoms with Crippen molar-refractivity contribution in [2.45, 2.75) is 43.8 Å². The van der Waals surface area contributed by atoms with Crippen molar-refractivity contribution < 1.29 is 14.3 Å². The summed E-state index contributed by atoms with van der Waals surface area (Å²) in [6.45, 7) is 0. The van der Waals surface area contributed by atoms with Gasteiger partial charge in [0.05, 0.1) is 11.3 Å². The molecule has 4 saturated carbocycles. The molecule has 4 N–H and O–H groups in total. The first-order chi connectivity index (χ1) is 11.5. The molecule has 2 atom stereocenters. The van der Waals surface area contributed by atoms with E-state index in [0.29, 0.717) is 24.4 Å². The lowest BCUT2D eigenvalue weighted by Gasteiger charge is -2.57. The molecule has 4 fully saturated rings. The Kier molecular flexibility index (Phi) is 3.55. The van der Waals surface area contributed by atoms with Gasteiger partial charge in [0.1, 0.15) is 5.67 Å². The summed E-state index contributed by atoms with van der Waals surface area (Å²) in [5.74, 6) is 0.120. The molecule has 4 nitrogen and oxygen atoms in total. The molecule has 24 heavy (non-hydrogen) atoms. The Balaban J connectivity index is 1.67. The van der Waals surface area contributed by atoms with Crippen LogP contribution in [0.2, 0.25) is 0 Å². The van der Waals surface area contributed by atoms with Gasteiger partial charge in [0.25, 0.3) is 0 Å². The summed E-state index contributed by atoms with van der Waals surface area (Å²) >= 11 is 0. The lowest BCUT2D eigenvalue weighted by molar-refractivity contribution is -0.0800. The van der Waals surface area contributed by atoms with E-state index >= 15 is 0 Å². The van der Waals surface area contributed by atoms with Crippen LogP contribution in [0.15, 0.2) is 24.4 Å². The Hall–Kier alpha value is -2.04. The van der Waals surface area contributed by atoms with Gasteiger partial charge < -0.3 is 16.2 Å². The Morgan fingerprint density at radius 2 is 2.00 bits per heavy atom.